The van der Waals surface area contributed by atoms with Gasteiger partial charge >= 0.3 is 0 Å². The fourth-order valence-electron chi connectivity index (χ4n) is 1.56. The van der Waals surface area contributed by atoms with Crippen LogP contribution in [0.1, 0.15) is 24.8 Å². The summed E-state index contributed by atoms with van der Waals surface area (Å²) in [5.41, 5.74) is 0.588. The Balaban J connectivity index is 2.23. The molecule has 0 atom stereocenters. The second-order valence-corrected chi connectivity index (χ2v) is 3.92. The minimum Gasteiger partial charge on any atom is -0.493 e. The molecular weight excluding hydrogens is 195 g/mol. The lowest BCUT2D eigenvalue weighted by atomic mass is 9.96. The number of halogens is 1. The SMILES string of the molecule is COc1cc(F)c(C)cc1OC1CCC1. The van der Waals surface area contributed by atoms with E-state index in [1.165, 1.54) is 19.6 Å². The molecule has 1 aliphatic carbocycles. The van der Waals surface area contributed by atoms with Gasteiger partial charge in [-0.1, -0.05) is 0 Å². The Morgan fingerprint density at radius 2 is 2.00 bits per heavy atom. The molecule has 0 spiro atoms. The molecule has 0 saturated heterocycles. The van der Waals surface area contributed by atoms with Crippen molar-refractivity contribution < 1.29 is 13.9 Å². The molecule has 0 unspecified atom stereocenters. The Labute approximate surface area is 89.0 Å². The standard InChI is InChI=1S/C12H15FO2/c1-8-6-12(15-9-4-3-5-9)11(14-2)7-10(8)13/h6-7,9H,3-5H2,1-2H3. The first-order chi connectivity index (χ1) is 7.20. The molecular formula is C12H15FO2. The maximum absolute atomic E-state index is 13.2. The average molecular weight is 210 g/mol. The highest BCUT2D eigenvalue weighted by molar-refractivity contribution is 5.43. The van der Waals surface area contributed by atoms with Crippen LogP contribution in [0.5, 0.6) is 11.5 Å². The molecule has 1 aliphatic rings. The smallest absolute Gasteiger partial charge is 0.163 e. The van der Waals surface area contributed by atoms with Gasteiger partial charge in [0.15, 0.2) is 11.5 Å². The first-order valence-corrected chi connectivity index (χ1v) is 5.21. The van der Waals surface area contributed by atoms with Crippen molar-refractivity contribution in [2.24, 2.45) is 0 Å². The van der Waals surface area contributed by atoms with E-state index in [9.17, 15) is 4.39 Å². The lowest BCUT2D eigenvalue weighted by Gasteiger charge is -2.27. The van der Waals surface area contributed by atoms with Crippen molar-refractivity contribution >= 4 is 0 Å². The average Bonchev–Trinajstić information content (AvgIpc) is 2.16. The van der Waals surface area contributed by atoms with Gasteiger partial charge in [-0.05, 0) is 37.8 Å². The molecule has 82 valence electrons. The number of hydrogen-bond acceptors (Lipinski definition) is 2. The molecule has 0 N–H and O–H groups in total. The Morgan fingerprint density at radius 3 is 2.53 bits per heavy atom. The Hall–Kier alpha value is -1.25. The van der Waals surface area contributed by atoms with Crippen molar-refractivity contribution in [2.45, 2.75) is 32.3 Å². The van der Waals surface area contributed by atoms with Crippen LogP contribution >= 0.6 is 0 Å². The first kappa shape index (κ1) is 10.3. The van der Waals surface area contributed by atoms with Gasteiger partial charge in [0, 0.05) is 6.07 Å². The van der Waals surface area contributed by atoms with Crippen molar-refractivity contribution in [3.63, 3.8) is 0 Å². The van der Waals surface area contributed by atoms with Gasteiger partial charge in [-0.25, -0.2) is 4.39 Å². The normalized spacial score (nSPS) is 15.9. The van der Waals surface area contributed by atoms with Crippen LogP contribution in [-0.4, -0.2) is 13.2 Å². The third-order valence-electron chi connectivity index (χ3n) is 2.79. The van der Waals surface area contributed by atoms with Crippen LogP contribution in [0.3, 0.4) is 0 Å². The summed E-state index contributed by atoms with van der Waals surface area (Å²) in [6.07, 6.45) is 3.66. The third-order valence-corrected chi connectivity index (χ3v) is 2.79. The number of benzene rings is 1. The second-order valence-electron chi connectivity index (χ2n) is 3.92. The molecule has 3 heteroatoms. The van der Waals surface area contributed by atoms with E-state index in [4.69, 9.17) is 9.47 Å². The highest BCUT2D eigenvalue weighted by Gasteiger charge is 2.21. The minimum absolute atomic E-state index is 0.257. The van der Waals surface area contributed by atoms with E-state index in [1.807, 2.05) is 0 Å². The van der Waals surface area contributed by atoms with Gasteiger partial charge in [-0.3, -0.25) is 0 Å². The van der Waals surface area contributed by atoms with Crippen LogP contribution in [0, 0.1) is 12.7 Å². The van der Waals surface area contributed by atoms with E-state index in [0.29, 0.717) is 17.1 Å². The molecule has 1 saturated carbocycles. The number of methoxy groups -OCH3 is 1. The van der Waals surface area contributed by atoms with Crippen molar-refractivity contribution in [1.29, 1.82) is 0 Å². The molecule has 2 nitrogen and oxygen atoms in total. The van der Waals surface area contributed by atoms with Crippen LogP contribution in [0.4, 0.5) is 4.39 Å². The molecule has 0 radical (unpaired) electrons. The summed E-state index contributed by atoms with van der Waals surface area (Å²) < 4.78 is 24.0. The van der Waals surface area contributed by atoms with Gasteiger partial charge in [0.2, 0.25) is 0 Å². The summed E-state index contributed by atoms with van der Waals surface area (Å²) in [5.74, 6) is 0.874. The maximum atomic E-state index is 13.2. The zero-order valence-electron chi connectivity index (χ0n) is 9.05. The van der Waals surface area contributed by atoms with Crippen molar-refractivity contribution in [3.05, 3.63) is 23.5 Å². The maximum Gasteiger partial charge on any atom is 0.163 e. The Morgan fingerprint density at radius 1 is 1.27 bits per heavy atom. The molecule has 0 amide bonds. The highest BCUT2D eigenvalue weighted by Crippen LogP contribution is 2.34. The molecule has 0 aromatic heterocycles. The zero-order valence-corrected chi connectivity index (χ0v) is 9.05. The lowest BCUT2D eigenvalue weighted by molar-refractivity contribution is 0.116. The summed E-state index contributed by atoms with van der Waals surface area (Å²) in [6.45, 7) is 1.72. The lowest BCUT2D eigenvalue weighted by Crippen LogP contribution is -2.24. The fourth-order valence-corrected chi connectivity index (χ4v) is 1.56. The summed E-state index contributed by atoms with van der Waals surface area (Å²) >= 11 is 0. The molecule has 2 rings (SSSR count). The topological polar surface area (TPSA) is 18.5 Å². The van der Waals surface area contributed by atoms with Crippen molar-refractivity contribution in [3.8, 4) is 11.5 Å². The summed E-state index contributed by atoms with van der Waals surface area (Å²) in [6, 6.07) is 3.08. The van der Waals surface area contributed by atoms with Crippen LogP contribution in [0.25, 0.3) is 0 Å². The zero-order chi connectivity index (χ0) is 10.8. The number of rotatable bonds is 3. The van der Waals surface area contributed by atoms with E-state index in [2.05, 4.69) is 0 Å². The van der Waals surface area contributed by atoms with E-state index < -0.39 is 0 Å². The van der Waals surface area contributed by atoms with E-state index in [1.54, 1.807) is 13.0 Å². The molecule has 1 fully saturated rings. The quantitative estimate of drug-likeness (QED) is 0.763. The molecule has 1 aromatic rings. The van der Waals surface area contributed by atoms with Crippen LogP contribution < -0.4 is 9.47 Å². The highest BCUT2D eigenvalue weighted by atomic mass is 19.1. The van der Waals surface area contributed by atoms with E-state index in [-0.39, 0.29) is 11.9 Å². The molecule has 0 heterocycles. The third kappa shape index (κ3) is 2.06. The first-order valence-electron chi connectivity index (χ1n) is 5.21. The van der Waals surface area contributed by atoms with Crippen LogP contribution in [0.2, 0.25) is 0 Å². The summed E-state index contributed by atoms with van der Waals surface area (Å²) in [7, 11) is 1.53. The Bertz CT molecular complexity index is 359. The molecule has 0 aliphatic heterocycles. The van der Waals surface area contributed by atoms with Gasteiger partial charge in [-0.15, -0.1) is 0 Å². The predicted molar refractivity (Wildman–Crippen MR) is 56.0 cm³/mol. The second kappa shape index (κ2) is 4.09. The number of aryl methyl sites for hydroxylation is 1. The van der Waals surface area contributed by atoms with Gasteiger partial charge in [0.05, 0.1) is 13.2 Å². The van der Waals surface area contributed by atoms with Gasteiger partial charge < -0.3 is 9.47 Å². The fraction of sp³-hybridized carbons (Fsp3) is 0.500. The van der Waals surface area contributed by atoms with Gasteiger partial charge in [-0.2, -0.15) is 0 Å². The largest absolute Gasteiger partial charge is 0.493 e. The minimum atomic E-state index is -0.257. The summed E-state index contributed by atoms with van der Waals surface area (Å²) in [5, 5.41) is 0. The summed E-state index contributed by atoms with van der Waals surface area (Å²) in [4.78, 5) is 0. The Kier molecular flexibility index (Phi) is 2.80. The van der Waals surface area contributed by atoms with Crippen LogP contribution in [-0.2, 0) is 0 Å². The molecule has 15 heavy (non-hydrogen) atoms. The number of hydrogen-bond donors (Lipinski definition) is 0. The predicted octanol–water partition coefficient (Wildman–Crippen LogP) is 3.07. The molecule has 1 aromatic carbocycles. The van der Waals surface area contributed by atoms with Gasteiger partial charge in [0.1, 0.15) is 5.82 Å². The van der Waals surface area contributed by atoms with E-state index >= 15 is 0 Å². The van der Waals surface area contributed by atoms with Crippen molar-refractivity contribution in [1.82, 2.24) is 0 Å². The van der Waals surface area contributed by atoms with Crippen molar-refractivity contribution in [2.75, 3.05) is 7.11 Å². The van der Waals surface area contributed by atoms with E-state index in [0.717, 1.165) is 12.8 Å². The number of ether oxygens (including phenoxy) is 2. The molecule has 0 bridgehead atoms. The van der Waals surface area contributed by atoms with Gasteiger partial charge in [0.25, 0.3) is 0 Å². The monoisotopic (exact) mass is 210 g/mol. The van der Waals surface area contributed by atoms with Crippen LogP contribution in [0.15, 0.2) is 12.1 Å².